The molecule has 1 nitrogen and oxygen atoms in total. The van der Waals surface area contributed by atoms with Crippen molar-refractivity contribution in [2.24, 2.45) is 0 Å². The van der Waals surface area contributed by atoms with Gasteiger partial charge in [0.15, 0.2) is 0 Å². The molecule has 0 spiro atoms. The number of benzene rings is 2. The fourth-order valence-electron chi connectivity index (χ4n) is 2.03. The summed E-state index contributed by atoms with van der Waals surface area (Å²) in [6.07, 6.45) is 0.804. The topological polar surface area (TPSA) is 20.2 Å². The molecule has 0 bridgehead atoms. The van der Waals surface area contributed by atoms with Crippen molar-refractivity contribution in [3.05, 3.63) is 62.4 Å². The van der Waals surface area contributed by atoms with Crippen molar-refractivity contribution in [1.29, 1.82) is 0 Å². The van der Waals surface area contributed by atoms with Gasteiger partial charge >= 0.3 is 0 Å². The molecule has 0 saturated carbocycles. The van der Waals surface area contributed by atoms with Crippen molar-refractivity contribution in [2.45, 2.75) is 6.42 Å². The SMILES string of the molecule is Oc1ccc2cc(Cc3cc(Br)ccc3Cl)sc2c1. The molecule has 0 saturated heterocycles. The van der Waals surface area contributed by atoms with Gasteiger partial charge in [0.05, 0.1) is 0 Å². The Morgan fingerprint density at radius 2 is 1.95 bits per heavy atom. The highest BCUT2D eigenvalue weighted by Gasteiger charge is 2.07. The van der Waals surface area contributed by atoms with Crippen LogP contribution in [-0.4, -0.2) is 5.11 Å². The van der Waals surface area contributed by atoms with E-state index in [0.717, 1.165) is 31.6 Å². The van der Waals surface area contributed by atoms with Crippen LogP contribution in [0.5, 0.6) is 5.75 Å². The molecule has 0 unspecified atom stereocenters. The number of thiophene rings is 1. The lowest BCUT2D eigenvalue weighted by Gasteiger charge is -2.02. The summed E-state index contributed by atoms with van der Waals surface area (Å²) in [6, 6.07) is 13.5. The van der Waals surface area contributed by atoms with Gasteiger partial charge in [-0.2, -0.15) is 0 Å². The molecule has 0 radical (unpaired) electrons. The summed E-state index contributed by atoms with van der Waals surface area (Å²) in [5.74, 6) is 0.307. The molecule has 19 heavy (non-hydrogen) atoms. The lowest BCUT2D eigenvalue weighted by atomic mass is 10.1. The summed E-state index contributed by atoms with van der Waals surface area (Å²) >= 11 is 11.4. The minimum atomic E-state index is 0.307. The van der Waals surface area contributed by atoms with E-state index in [0.29, 0.717) is 5.75 Å². The van der Waals surface area contributed by atoms with Crippen LogP contribution in [0.15, 0.2) is 46.9 Å². The number of hydrogen-bond acceptors (Lipinski definition) is 2. The van der Waals surface area contributed by atoms with E-state index >= 15 is 0 Å². The molecule has 96 valence electrons. The molecule has 2 aromatic carbocycles. The van der Waals surface area contributed by atoms with E-state index in [9.17, 15) is 5.11 Å². The predicted molar refractivity (Wildman–Crippen MR) is 85.4 cm³/mol. The molecular formula is C15H10BrClOS. The second-order valence-electron chi connectivity index (χ2n) is 4.35. The average molecular weight is 354 g/mol. The van der Waals surface area contributed by atoms with E-state index in [2.05, 4.69) is 22.0 Å². The van der Waals surface area contributed by atoms with Crippen LogP contribution in [0.3, 0.4) is 0 Å². The van der Waals surface area contributed by atoms with Crippen LogP contribution in [0, 0.1) is 0 Å². The highest BCUT2D eigenvalue weighted by atomic mass is 79.9. The third-order valence-corrected chi connectivity index (χ3v) is 4.89. The monoisotopic (exact) mass is 352 g/mol. The standard InChI is InChI=1S/C15H10BrClOS/c16-11-2-4-14(17)10(5-11)7-13-6-9-1-3-12(18)8-15(9)19-13/h1-6,8,18H,7H2. The summed E-state index contributed by atoms with van der Waals surface area (Å²) < 4.78 is 2.13. The van der Waals surface area contributed by atoms with Crippen molar-refractivity contribution in [2.75, 3.05) is 0 Å². The summed E-state index contributed by atoms with van der Waals surface area (Å²) in [5, 5.41) is 11.4. The van der Waals surface area contributed by atoms with E-state index < -0.39 is 0 Å². The Morgan fingerprint density at radius 3 is 2.79 bits per heavy atom. The summed E-state index contributed by atoms with van der Waals surface area (Å²) in [5.41, 5.74) is 1.10. The van der Waals surface area contributed by atoms with Crippen LogP contribution >= 0.6 is 38.9 Å². The highest BCUT2D eigenvalue weighted by molar-refractivity contribution is 9.10. The molecule has 3 aromatic rings. The third-order valence-electron chi connectivity index (χ3n) is 2.93. The van der Waals surface area contributed by atoms with Gasteiger partial charge in [-0.3, -0.25) is 0 Å². The number of halogens is 2. The Bertz CT molecular complexity index is 751. The van der Waals surface area contributed by atoms with Gasteiger partial charge in [0, 0.05) is 25.5 Å². The molecule has 4 heteroatoms. The normalized spacial score (nSPS) is 11.1. The second-order valence-corrected chi connectivity index (χ2v) is 6.84. The lowest BCUT2D eigenvalue weighted by Crippen LogP contribution is -1.86. The van der Waals surface area contributed by atoms with Crippen LogP contribution in [0.4, 0.5) is 0 Å². The first kappa shape index (κ1) is 13.0. The summed E-state index contributed by atoms with van der Waals surface area (Å²) in [6.45, 7) is 0. The zero-order chi connectivity index (χ0) is 13.4. The predicted octanol–water partition coefficient (Wildman–Crippen LogP) is 5.61. The van der Waals surface area contributed by atoms with Crippen LogP contribution in [0.1, 0.15) is 10.4 Å². The first-order chi connectivity index (χ1) is 9.11. The van der Waals surface area contributed by atoms with Gasteiger partial charge in [0.25, 0.3) is 0 Å². The Morgan fingerprint density at radius 1 is 1.11 bits per heavy atom. The fourth-order valence-corrected chi connectivity index (χ4v) is 3.74. The number of phenolic OH excluding ortho intramolecular Hbond substituents is 1. The molecule has 1 aromatic heterocycles. The molecule has 0 amide bonds. The molecule has 3 rings (SSSR count). The molecule has 0 atom stereocenters. The molecule has 0 aliphatic carbocycles. The first-order valence-electron chi connectivity index (χ1n) is 5.77. The van der Waals surface area contributed by atoms with Crippen molar-refractivity contribution in [3.63, 3.8) is 0 Å². The lowest BCUT2D eigenvalue weighted by molar-refractivity contribution is 0.476. The van der Waals surface area contributed by atoms with Gasteiger partial charge in [-0.05, 0) is 53.4 Å². The average Bonchev–Trinajstić information content (AvgIpc) is 2.75. The summed E-state index contributed by atoms with van der Waals surface area (Å²) in [7, 11) is 0. The van der Waals surface area contributed by atoms with Gasteiger partial charge < -0.3 is 5.11 Å². The van der Waals surface area contributed by atoms with Crippen molar-refractivity contribution < 1.29 is 5.11 Å². The number of phenols is 1. The fraction of sp³-hybridized carbons (Fsp3) is 0.0667. The minimum Gasteiger partial charge on any atom is -0.508 e. The van der Waals surface area contributed by atoms with E-state index in [1.165, 1.54) is 4.88 Å². The number of rotatable bonds is 2. The van der Waals surface area contributed by atoms with Crippen LogP contribution in [0.25, 0.3) is 10.1 Å². The van der Waals surface area contributed by atoms with Crippen molar-refractivity contribution >= 4 is 49.0 Å². The first-order valence-corrected chi connectivity index (χ1v) is 7.76. The number of fused-ring (bicyclic) bond motifs is 1. The van der Waals surface area contributed by atoms with Crippen LogP contribution in [0.2, 0.25) is 5.02 Å². The van der Waals surface area contributed by atoms with E-state index in [1.54, 1.807) is 23.5 Å². The van der Waals surface area contributed by atoms with Crippen molar-refractivity contribution in [3.8, 4) is 5.75 Å². The smallest absolute Gasteiger partial charge is 0.117 e. The Labute approximate surface area is 128 Å². The molecule has 1 heterocycles. The zero-order valence-electron chi connectivity index (χ0n) is 9.86. The number of aromatic hydroxyl groups is 1. The second kappa shape index (κ2) is 5.16. The Kier molecular flexibility index (Phi) is 3.52. The van der Waals surface area contributed by atoms with Gasteiger partial charge in [-0.1, -0.05) is 27.5 Å². The minimum absolute atomic E-state index is 0.307. The van der Waals surface area contributed by atoms with E-state index in [1.807, 2.05) is 24.3 Å². The van der Waals surface area contributed by atoms with Crippen molar-refractivity contribution in [1.82, 2.24) is 0 Å². The van der Waals surface area contributed by atoms with Gasteiger partial charge in [0.1, 0.15) is 5.75 Å². The van der Waals surface area contributed by atoms with Gasteiger partial charge in [-0.15, -0.1) is 11.3 Å². The van der Waals surface area contributed by atoms with E-state index in [-0.39, 0.29) is 0 Å². The molecule has 1 N–H and O–H groups in total. The molecular weight excluding hydrogens is 344 g/mol. The molecule has 0 aliphatic rings. The van der Waals surface area contributed by atoms with Gasteiger partial charge in [-0.25, -0.2) is 0 Å². The quantitative estimate of drug-likeness (QED) is 0.634. The highest BCUT2D eigenvalue weighted by Crippen LogP contribution is 2.32. The van der Waals surface area contributed by atoms with Crippen LogP contribution < -0.4 is 0 Å². The van der Waals surface area contributed by atoms with E-state index in [4.69, 9.17) is 11.6 Å². The molecule has 0 fully saturated rings. The Balaban J connectivity index is 1.98. The Hall–Kier alpha value is -1.03. The number of hydrogen-bond donors (Lipinski definition) is 1. The largest absolute Gasteiger partial charge is 0.508 e. The van der Waals surface area contributed by atoms with Gasteiger partial charge in [0.2, 0.25) is 0 Å². The zero-order valence-corrected chi connectivity index (χ0v) is 13.0. The maximum absolute atomic E-state index is 9.49. The maximum Gasteiger partial charge on any atom is 0.117 e. The third kappa shape index (κ3) is 2.78. The maximum atomic E-state index is 9.49. The van der Waals surface area contributed by atoms with Crippen LogP contribution in [-0.2, 0) is 6.42 Å². The summed E-state index contributed by atoms with van der Waals surface area (Å²) in [4.78, 5) is 1.24. The molecule has 0 aliphatic heterocycles.